The van der Waals surface area contributed by atoms with Crippen molar-refractivity contribution in [1.82, 2.24) is 4.90 Å². The largest absolute Gasteiger partial charge is 0.478 e. The lowest BCUT2D eigenvalue weighted by Crippen LogP contribution is -2.61. The van der Waals surface area contributed by atoms with Gasteiger partial charge in [-0.3, -0.25) is 4.79 Å². The summed E-state index contributed by atoms with van der Waals surface area (Å²) in [7, 11) is 0. The summed E-state index contributed by atoms with van der Waals surface area (Å²) in [5.41, 5.74) is 0.262. The number of aliphatic carboxylic acids is 1. The molecule has 1 aromatic carbocycles. The number of benzene rings is 1. The molecule has 0 radical (unpaired) electrons. The van der Waals surface area contributed by atoms with Crippen molar-refractivity contribution in [3.8, 4) is 0 Å². The number of carboxylic acid groups (broad SMARTS) is 1. The lowest BCUT2D eigenvalue weighted by molar-refractivity contribution is -0.157. The van der Waals surface area contributed by atoms with Gasteiger partial charge in [0.25, 0.3) is 0 Å². The minimum atomic E-state index is -0.995. The predicted octanol–water partition coefficient (Wildman–Crippen LogP) is 2.08. The van der Waals surface area contributed by atoms with Crippen molar-refractivity contribution in [1.29, 1.82) is 0 Å². The second-order valence-electron chi connectivity index (χ2n) is 5.49. The van der Waals surface area contributed by atoms with Gasteiger partial charge >= 0.3 is 5.97 Å². The molecule has 2 N–H and O–H groups in total. The molecular weight excluding hydrogens is 302 g/mol. The Kier molecular flexibility index (Phi) is 3.97. The van der Waals surface area contributed by atoms with Gasteiger partial charge in [-0.05, 0) is 18.6 Å². The van der Waals surface area contributed by atoms with Crippen LogP contribution in [-0.4, -0.2) is 39.1 Å². The van der Waals surface area contributed by atoms with E-state index in [-0.39, 0.29) is 17.5 Å². The zero-order valence-corrected chi connectivity index (χ0v) is 12.9. The average Bonchev–Trinajstić information content (AvgIpc) is 2.82. The van der Waals surface area contributed by atoms with Crippen LogP contribution < -0.4 is 0 Å². The van der Waals surface area contributed by atoms with Crippen molar-refractivity contribution >= 4 is 23.6 Å². The van der Waals surface area contributed by atoms with Gasteiger partial charge in [0, 0.05) is 11.3 Å². The topological polar surface area (TPSA) is 77.8 Å². The average molecular weight is 319 g/mol. The minimum absolute atomic E-state index is 0.172. The second-order valence-corrected chi connectivity index (χ2v) is 6.55. The number of carbonyl (C=O) groups excluding carboxylic acids is 1. The van der Waals surface area contributed by atoms with Crippen LogP contribution in [0.2, 0.25) is 0 Å². The number of aliphatic hydroxyl groups is 1. The molecule has 2 aliphatic heterocycles. The molecule has 22 heavy (non-hydrogen) atoms. The number of β-lactam (4-membered cyclic amide) rings is 1. The SMILES string of the molecule is CC[C@H](O)[C@@H]1C(=O)N2C(Sc3ccccc3)=C(C(=O)O)C[C@H]12. The summed E-state index contributed by atoms with van der Waals surface area (Å²) < 4.78 is 0. The molecule has 1 fully saturated rings. The van der Waals surface area contributed by atoms with Crippen LogP contribution in [-0.2, 0) is 9.59 Å². The third-order valence-electron chi connectivity index (χ3n) is 4.21. The number of nitrogens with zero attached hydrogens (tertiary/aromatic N) is 1. The van der Waals surface area contributed by atoms with E-state index >= 15 is 0 Å². The zero-order chi connectivity index (χ0) is 15.9. The van der Waals surface area contributed by atoms with Gasteiger partial charge in [0.2, 0.25) is 5.91 Å². The monoisotopic (exact) mass is 319 g/mol. The Labute approximate surface area is 132 Å². The summed E-state index contributed by atoms with van der Waals surface area (Å²) in [4.78, 5) is 26.3. The van der Waals surface area contributed by atoms with Crippen molar-refractivity contribution in [2.75, 3.05) is 0 Å². The number of amides is 1. The van der Waals surface area contributed by atoms with E-state index < -0.39 is 18.0 Å². The van der Waals surface area contributed by atoms with E-state index in [1.807, 2.05) is 37.3 Å². The summed E-state index contributed by atoms with van der Waals surface area (Å²) in [6, 6.07) is 9.17. The number of hydrogen-bond donors (Lipinski definition) is 2. The molecule has 1 saturated heterocycles. The van der Waals surface area contributed by atoms with Crippen LogP contribution in [0.3, 0.4) is 0 Å². The molecule has 1 aromatic rings. The van der Waals surface area contributed by atoms with Crippen LogP contribution in [0.1, 0.15) is 19.8 Å². The highest BCUT2D eigenvalue weighted by Gasteiger charge is 2.56. The molecule has 1 amide bonds. The third kappa shape index (κ3) is 2.32. The number of fused-ring (bicyclic) bond motifs is 1. The molecule has 0 unspecified atom stereocenters. The first kappa shape index (κ1) is 15.1. The maximum Gasteiger partial charge on any atom is 0.334 e. The Balaban J connectivity index is 1.88. The molecule has 2 heterocycles. The Bertz CT molecular complexity index is 643. The molecule has 116 valence electrons. The number of rotatable bonds is 5. The molecule has 0 aromatic heterocycles. The fourth-order valence-electron chi connectivity index (χ4n) is 3.04. The molecule has 0 bridgehead atoms. The van der Waals surface area contributed by atoms with E-state index in [1.54, 1.807) is 4.90 Å². The van der Waals surface area contributed by atoms with Crippen LogP contribution in [0.15, 0.2) is 45.8 Å². The van der Waals surface area contributed by atoms with Gasteiger partial charge in [-0.25, -0.2) is 4.79 Å². The standard InChI is InChI=1S/C16H17NO4S/c1-2-12(18)13-11-8-10(16(20)21)15(17(11)14(13)19)22-9-6-4-3-5-7-9/h3-7,11-13,18H,2,8H2,1H3,(H,20,21)/t11-,12+,13-/m1/s1. The number of carboxylic acids is 1. The second kappa shape index (κ2) is 5.78. The molecule has 0 spiro atoms. The Hall–Kier alpha value is -1.79. The molecule has 0 aliphatic carbocycles. The predicted molar refractivity (Wildman–Crippen MR) is 82.0 cm³/mol. The molecule has 3 atom stereocenters. The molecule has 5 nitrogen and oxygen atoms in total. The normalized spacial score (nSPS) is 25.0. The summed E-state index contributed by atoms with van der Waals surface area (Å²) in [6.45, 7) is 1.82. The Morgan fingerprint density at radius 1 is 1.41 bits per heavy atom. The van der Waals surface area contributed by atoms with Crippen molar-refractivity contribution < 1.29 is 19.8 Å². The van der Waals surface area contributed by atoms with E-state index in [1.165, 1.54) is 11.8 Å². The zero-order valence-electron chi connectivity index (χ0n) is 12.1. The Morgan fingerprint density at radius 2 is 2.09 bits per heavy atom. The summed E-state index contributed by atoms with van der Waals surface area (Å²) in [6.07, 6.45) is 0.0901. The first-order valence-electron chi connectivity index (χ1n) is 7.25. The molecular formula is C16H17NO4S. The van der Waals surface area contributed by atoms with Crippen LogP contribution in [0.5, 0.6) is 0 Å². The first-order chi connectivity index (χ1) is 10.5. The van der Waals surface area contributed by atoms with Gasteiger partial charge < -0.3 is 15.1 Å². The first-order valence-corrected chi connectivity index (χ1v) is 8.06. The van der Waals surface area contributed by atoms with Crippen LogP contribution >= 0.6 is 11.8 Å². The van der Waals surface area contributed by atoms with Crippen LogP contribution in [0.25, 0.3) is 0 Å². The smallest absolute Gasteiger partial charge is 0.334 e. The summed E-state index contributed by atoms with van der Waals surface area (Å²) in [5, 5.41) is 19.9. The van der Waals surface area contributed by atoms with Crippen molar-refractivity contribution in [3.05, 3.63) is 40.9 Å². The molecule has 2 aliphatic rings. The highest BCUT2D eigenvalue weighted by atomic mass is 32.2. The van der Waals surface area contributed by atoms with Gasteiger partial charge in [0.05, 0.1) is 28.7 Å². The quantitative estimate of drug-likeness (QED) is 0.813. The highest BCUT2D eigenvalue weighted by Crippen LogP contribution is 2.49. The Morgan fingerprint density at radius 3 is 2.68 bits per heavy atom. The van der Waals surface area contributed by atoms with Crippen LogP contribution in [0, 0.1) is 5.92 Å². The fourth-order valence-corrected chi connectivity index (χ4v) is 4.18. The number of hydrogen-bond acceptors (Lipinski definition) is 4. The highest BCUT2D eigenvalue weighted by molar-refractivity contribution is 8.03. The van der Waals surface area contributed by atoms with Crippen molar-refractivity contribution in [3.63, 3.8) is 0 Å². The van der Waals surface area contributed by atoms with E-state index in [0.717, 1.165) is 4.90 Å². The van der Waals surface area contributed by atoms with Gasteiger partial charge in [0.1, 0.15) is 0 Å². The number of aliphatic hydroxyl groups excluding tert-OH is 1. The molecule has 6 heteroatoms. The van der Waals surface area contributed by atoms with Gasteiger partial charge in [-0.1, -0.05) is 36.9 Å². The van der Waals surface area contributed by atoms with Crippen molar-refractivity contribution in [2.24, 2.45) is 5.92 Å². The third-order valence-corrected chi connectivity index (χ3v) is 5.35. The maximum atomic E-state index is 12.3. The summed E-state index contributed by atoms with van der Waals surface area (Å²) >= 11 is 1.30. The maximum absolute atomic E-state index is 12.3. The number of thioether (sulfide) groups is 1. The van der Waals surface area contributed by atoms with Crippen molar-refractivity contribution in [2.45, 2.75) is 36.8 Å². The van der Waals surface area contributed by atoms with E-state index in [4.69, 9.17) is 0 Å². The van der Waals surface area contributed by atoms with Gasteiger partial charge in [0.15, 0.2) is 0 Å². The van der Waals surface area contributed by atoms with E-state index in [9.17, 15) is 19.8 Å². The minimum Gasteiger partial charge on any atom is -0.478 e. The lowest BCUT2D eigenvalue weighted by Gasteiger charge is -2.45. The van der Waals surface area contributed by atoms with Gasteiger partial charge in [-0.15, -0.1) is 0 Å². The summed E-state index contributed by atoms with van der Waals surface area (Å²) in [5.74, 6) is -1.65. The lowest BCUT2D eigenvalue weighted by atomic mass is 9.81. The van der Waals surface area contributed by atoms with Crippen LogP contribution in [0.4, 0.5) is 0 Å². The molecule has 3 rings (SSSR count). The van der Waals surface area contributed by atoms with Gasteiger partial charge in [-0.2, -0.15) is 0 Å². The van der Waals surface area contributed by atoms with E-state index in [2.05, 4.69) is 0 Å². The van der Waals surface area contributed by atoms with E-state index in [0.29, 0.717) is 17.9 Å². The fraction of sp³-hybridized carbons (Fsp3) is 0.375. The molecule has 0 saturated carbocycles. The number of carbonyl (C=O) groups is 2.